The van der Waals surface area contributed by atoms with Crippen molar-refractivity contribution < 1.29 is 9.59 Å². The highest BCUT2D eigenvalue weighted by Gasteiger charge is 2.48. The van der Waals surface area contributed by atoms with Crippen LogP contribution >= 0.6 is 11.8 Å². The normalized spacial score (nSPS) is 28.8. The Morgan fingerprint density at radius 1 is 1.27 bits per heavy atom. The molecule has 3 heterocycles. The van der Waals surface area contributed by atoms with Crippen molar-refractivity contribution in [2.45, 2.75) is 25.3 Å². The van der Waals surface area contributed by atoms with Gasteiger partial charge in [0.05, 0.1) is 0 Å². The van der Waals surface area contributed by atoms with Crippen LogP contribution in [0.2, 0.25) is 0 Å². The molecule has 1 unspecified atom stereocenters. The van der Waals surface area contributed by atoms with E-state index in [-0.39, 0.29) is 17.9 Å². The number of rotatable bonds is 4. The number of nitrogens with zero attached hydrogens (tertiary/aromatic N) is 3. The highest BCUT2D eigenvalue weighted by molar-refractivity contribution is 7.99. The van der Waals surface area contributed by atoms with Gasteiger partial charge in [0.2, 0.25) is 0 Å². The number of nitrogens with one attached hydrogen (secondary N) is 3. The second-order valence-corrected chi connectivity index (χ2v) is 8.52. The van der Waals surface area contributed by atoms with Crippen LogP contribution in [0.5, 0.6) is 0 Å². The van der Waals surface area contributed by atoms with Gasteiger partial charge in [0.25, 0.3) is 5.91 Å². The monoisotopic (exact) mass is 382 g/mol. The summed E-state index contributed by atoms with van der Waals surface area (Å²) in [5, 5.41) is 8.65. The van der Waals surface area contributed by atoms with Crippen molar-refractivity contribution >= 4 is 29.7 Å². The van der Waals surface area contributed by atoms with Crippen molar-refractivity contribution in [1.82, 2.24) is 25.8 Å². The van der Waals surface area contributed by atoms with Crippen LogP contribution in [0, 0.1) is 5.92 Å². The minimum absolute atomic E-state index is 0.147. The third kappa shape index (κ3) is 4.25. The van der Waals surface area contributed by atoms with Gasteiger partial charge in [-0.15, -0.1) is 0 Å². The molecular weight excluding hydrogens is 352 g/mol. The van der Waals surface area contributed by atoms with Crippen molar-refractivity contribution in [3.63, 3.8) is 0 Å². The first-order valence-electron chi connectivity index (χ1n) is 9.42. The zero-order chi connectivity index (χ0) is 18.6. The van der Waals surface area contributed by atoms with Crippen LogP contribution in [-0.2, 0) is 4.79 Å². The summed E-state index contributed by atoms with van der Waals surface area (Å²) < 4.78 is 0. The Morgan fingerprint density at radius 3 is 2.54 bits per heavy atom. The number of hydrogen-bond acceptors (Lipinski definition) is 5. The predicted molar refractivity (Wildman–Crippen MR) is 105 cm³/mol. The molecule has 0 aromatic rings. The van der Waals surface area contributed by atoms with E-state index in [9.17, 15) is 9.59 Å². The van der Waals surface area contributed by atoms with Crippen molar-refractivity contribution in [2.75, 3.05) is 57.8 Å². The molecule has 3 saturated heterocycles. The maximum absolute atomic E-state index is 12.1. The van der Waals surface area contributed by atoms with Gasteiger partial charge in [-0.05, 0) is 25.7 Å². The SMILES string of the molecule is CN=C(NCCN1CCSCC1)N1CCC(C2(C)NC(=O)NC2=O)CC1. The summed E-state index contributed by atoms with van der Waals surface area (Å²) in [5.74, 6) is 3.33. The van der Waals surface area contributed by atoms with Gasteiger partial charge >= 0.3 is 6.03 Å². The molecule has 0 spiro atoms. The minimum atomic E-state index is -0.785. The van der Waals surface area contributed by atoms with E-state index >= 15 is 0 Å². The van der Waals surface area contributed by atoms with E-state index in [1.54, 1.807) is 0 Å². The summed E-state index contributed by atoms with van der Waals surface area (Å²) in [7, 11) is 1.82. The molecule has 26 heavy (non-hydrogen) atoms. The van der Waals surface area contributed by atoms with Gasteiger partial charge in [-0.3, -0.25) is 20.0 Å². The third-order valence-electron chi connectivity index (χ3n) is 5.71. The van der Waals surface area contributed by atoms with Gasteiger partial charge in [-0.1, -0.05) is 0 Å². The lowest BCUT2D eigenvalue weighted by atomic mass is 9.79. The molecule has 146 valence electrons. The molecule has 0 aromatic carbocycles. The second kappa shape index (κ2) is 8.47. The van der Waals surface area contributed by atoms with E-state index in [1.807, 2.05) is 25.7 Å². The topological polar surface area (TPSA) is 89.1 Å². The van der Waals surface area contributed by atoms with Gasteiger partial charge in [-0.2, -0.15) is 11.8 Å². The van der Waals surface area contributed by atoms with E-state index in [0.717, 1.165) is 45.0 Å². The Hall–Kier alpha value is -1.48. The first-order chi connectivity index (χ1) is 12.5. The van der Waals surface area contributed by atoms with E-state index in [4.69, 9.17) is 0 Å². The fourth-order valence-corrected chi connectivity index (χ4v) is 4.97. The summed E-state index contributed by atoms with van der Waals surface area (Å²) in [6.45, 7) is 7.78. The van der Waals surface area contributed by atoms with Crippen LogP contribution < -0.4 is 16.0 Å². The van der Waals surface area contributed by atoms with Gasteiger partial charge in [0.15, 0.2) is 5.96 Å². The number of hydrogen-bond donors (Lipinski definition) is 3. The fourth-order valence-electron chi connectivity index (χ4n) is 4.00. The number of piperidine rings is 1. The molecule has 0 aromatic heterocycles. The van der Waals surface area contributed by atoms with E-state index < -0.39 is 5.54 Å². The highest BCUT2D eigenvalue weighted by Crippen LogP contribution is 2.30. The molecule has 0 radical (unpaired) electrons. The molecule has 8 nitrogen and oxygen atoms in total. The van der Waals surface area contributed by atoms with Crippen molar-refractivity contribution in [1.29, 1.82) is 0 Å². The molecule has 3 fully saturated rings. The van der Waals surface area contributed by atoms with Gasteiger partial charge in [-0.25, -0.2) is 4.79 Å². The summed E-state index contributed by atoms with van der Waals surface area (Å²) in [4.78, 5) is 32.8. The largest absolute Gasteiger partial charge is 0.355 e. The number of carbonyl (C=O) groups excluding carboxylic acids is 2. The molecule has 0 saturated carbocycles. The lowest BCUT2D eigenvalue weighted by Gasteiger charge is -2.39. The average molecular weight is 383 g/mol. The lowest BCUT2D eigenvalue weighted by molar-refractivity contribution is -0.125. The van der Waals surface area contributed by atoms with Crippen LogP contribution in [0.4, 0.5) is 4.79 Å². The maximum Gasteiger partial charge on any atom is 0.322 e. The predicted octanol–water partition coefficient (Wildman–Crippen LogP) is -0.0793. The summed E-state index contributed by atoms with van der Waals surface area (Å²) in [5.41, 5.74) is -0.785. The number of urea groups is 1. The van der Waals surface area contributed by atoms with E-state index in [2.05, 4.69) is 30.7 Å². The summed E-state index contributed by atoms with van der Waals surface area (Å²) in [6.07, 6.45) is 1.71. The molecule has 3 aliphatic rings. The van der Waals surface area contributed by atoms with Gasteiger partial charge in [0.1, 0.15) is 5.54 Å². The molecule has 0 aliphatic carbocycles. The molecule has 9 heteroatoms. The zero-order valence-electron chi connectivity index (χ0n) is 15.7. The van der Waals surface area contributed by atoms with E-state index in [1.165, 1.54) is 24.6 Å². The van der Waals surface area contributed by atoms with Crippen LogP contribution in [0.3, 0.4) is 0 Å². The summed E-state index contributed by atoms with van der Waals surface area (Å²) >= 11 is 2.03. The zero-order valence-corrected chi connectivity index (χ0v) is 16.5. The van der Waals surface area contributed by atoms with E-state index in [0.29, 0.717) is 0 Å². The number of thioether (sulfide) groups is 1. The van der Waals surface area contributed by atoms with Crippen molar-refractivity contribution in [2.24, 2.45) is 10.9 Å². The Bertz CT molecular complexity index is 557. The summed E-state index contributed by atoms with van der Waals surface area (Å²) in [6, 6.07) is -0.381. The molecule has 1 atom stereocenters. The van der Waals surface area contributed by atoms with Crippen molar-refractivity contribution in [3.8, 4) is 0 Å². The Kier molecular flexibility index (Phi) is 6.29. The molecule has 3 aliphatic heterocycles. The fraction of sp³-hybridized carbons (Fsp3) is 0.824. The van der Waals surface area contributed by atoms with Crippen LogP contribution in [0.15, 0.2) is 4.99 Å². The molecule has 3 amide bonds. The number of amides is 3. The van der Waals surface area contributed by atoms with Gasteiger partial charge in [0, 0.05) is 57.8 Å². The van der Waals surface area contributed by atoms with Crippen molar-refractivity contribution in [3.05, 3.63) is 0 Å². The Morgan fingerprint density at radius 2 is 1.96 bits per heavy atom. The standard InChI is InChI=1S/C17H30N6O2S/c1-17(14(24)20-16(25)21-17)13-3-6-23(7-4-13)15(18-2)19-5-8-22-9-11-26-12-10-22/h13H,3-12H2,1-2H3,(H,18,19)(H2,20,21,24,25). The molecule has 0 bridgehead atoms. The number of imide groups is 1. The lowest BCUT2D eigenvalue weighted by Crippen LogP contribution is -2.55. The minimum Gasteiger partial charge on any atom is -0.355 e. The van der Waals surface area contributed by atoms with Crippen LogP contribution in [-0.4, -0.2) is 91.1 Å². The van der Waals surface area contributed by atoms with Crippen LogP contribution in [0.1, 0.15) is 19.8 Å². The maximum atomic E-state index is 12.1. The number of guanidine groups is 1. The molecular formula is C17H30N6O2S. The highest BCUT2D eigenvalue weighted by atomic mass is 32.2. The average Bonchev–Trinajstić information content (AvgIpc) is 2.92. The second-order valence-electron chi connectivity index (χ2n) is 7.30. The number of carbonyl (C=O) groups is 2. The first kappa shape index (κ1) is 19.3. The van der Waals surface area contributed by atoms with Gasteiger partial charge < -0.3 is 15.5 Å². The quantitative estimate of drug-likeness (QED) is 0.358. The molecule has 3 N–H and O–H groups in total. The Balaban J connectivity index is 1.45. The Labute approximate surface area is 159 Å². The van der Waals surface area contributed by atoms with Crippen LogP contribution in [0.25, 0.3) is 0 Å². The first-order valence-corrected chi connectivity index (χ1v) is 10.6. The molecule has 3 rings (SSSR count). The smallest absolute Gasteiger partial charge is 0.322 e. The third-order valence-corrected chi connectivity index (χ3v) is 6.65. The number of likely N-dealkylation sites (tertiary alicyclic amines) is 1. The number of aliphatic imine (C=N–C) groups is 1.